The number of imidazole rings is 1. The molecule has 1 atom stereocenters. The van der Waals surface area contributed by atoms with E-state index in [-0.39, 0.29) is 11.9 Å². The van der Waals surface area contributed by atoms with E-state index in [9.17, 15) is 9.59 Å². The van der Waals surface area contributed by atoms with Crippen molar-refractivity contribution in [3.63, 3.8) is 0 Å². The first-order valence-corrected chi connectivity index (χ1v) is 8.05. The predicted octanol–water partition coefficient (Wildman–Crippen LogP) is 1.39. The SMILES string of the molecule is COC(=O)[C@@H]1CSCN1C(=O)c1c(C)nc2sccn12. The fraction of sp³-hybridized carbons (Fsp3) is 0.417. The minimum absolute atomic E-state index is 0.172. The lowest BCUT2D eigenvalue weighted by Gasteiger charge is -2.21. The second-order valence-corrected chi connectivity index (χ2v) is 6.29. The zero-order valence-corrected chi connectivity index (χ0v) is 12.7. The molecule has 106 valence electrons. The van der Waals surface area contributed by atoms with Gasteiger partial charge < -0.3 is 9.64 Å². The minimum atomic E-state index is -0.513. The number of aromatic nitrogens is 2. The molecular formula is C12H13N3O3S2. The van der Waals surface area contributed by atoms with Gasteiger partial charge in [0.25, 0.3) is 5.91 Å². The quantitative estimate of drug-likeness (QED) is 0.784. The highest BCUT2D eigenvalue weighted by molar-refractivity contribution is 7.99. The first-order chi connectivity index (χ1) is 9.63. The standard InChI is InChI=1S/C12H13N3O3S2/c1-7-9(14-3-4-20-12(14)13-7)10(16)15-6-19-5-8(15)11(17)18-2/h3-4,8H,5-6H2,1-2H3/t8-/m0/s1. The number of ether oxygens (including phenoxy) is 1. The fourth-order valence-corrected chi connectivity index (χ4v) is 4.16. The second-order valence-electron chi connectivity index (χ2n) is 4.42. The van der Waals surface area contributed by atoms with Crippen molar-refractivity contribution in [1.82, 2.24) is 14.3 Å². The number of thioether (sulfide) groups is 1. The Hall–Kier alpha value is -1.54. The molecule has 1 amide bonds. The molecule has 1 aliphatic rings. The summed E-state index contributed by atoms with van der Waals surface area (Å²) in [5.41, 5.74) is 1.21. The average Bonchev–Trinajstić information content (AvgIpc) is 3.11. The molecule has 6 nitrogen and oxygen atoms in total. The normalized spacial score (nSPS) is 18.7. The first-order valence-electron chi connectivity index (χ1n) is 6.02. The topological polar surface area (TPSA) is 63.9 Å². The zero-order valence-electron chi connectivity index (χ0n) is 11.0. The van der Waals surface area contributed by atoms with Crippen LogP contribution in [0.4, 0.5) is 0 Å². The summed E-state index contributed by atoms with van der Waals surface area (Å²) in [5, 5.41) is 1.88. The average molecular weight is 311 g/mol. The van der Waals surface area contributed by atoms with E-state index in [0.717, 1.165) is 4.96 Å². The molecule has 0 spiro atoms. The summed E-state index contributed by atoms with van der Waals surface area (Å²) >= 11 is 3.03. The summed E-state index contributed by atoms with van der Waals surface area (Å²) < 4.78 is 6.55. The Morgan fingerprint density at radius 1 is 1.50 bits per heavy atom. The number of rotatable bonds is 2. The van der Waals surface area contributed by atoms with Gasteiger partial charge >= 0.3 is 5.97 Å². The van der Waals surface area contributed by atoms with Crippen LogP contribution in [0.2, 0.25) is 0 Å². The number of aryl methyl sites for hydroxylation is 1. The van der Waals surface area contributed by atoms with Gasteiger partial charge in [-0.25, -0.2) is 9.78 Å². The van der Waals surface area contributed by atoms with E-state index in [2.05, 4.69) is 4.98 Å². The van der Waals surface area contributed by atoms with E-state index >= 15 is 0 Å². The summed E-state index contributed by atoms with van der Waals surface area (Å²) in [6.07, 6.45) is 1.82. The Bertz CT molecular complexity index is 679. The lowest BCUT2D eigenvalue weighted by molar-refractivity contribution is -0.144. The Morgan fingerprint density at radius 2 is 2.30 bits per heavy atom. The molecule has 2 aromatic rings. The van der Waals surface area contributed by atoms with E-state index < -0.39 is 6.04 Å². The molecule has 0 aromatic carbocycles. The van der Waals surface area contributed by atoms with E-state index in [0.29, 0.717) is 23.0 Å². The van der Waals surface area contributed by atoms with E-state index in [1.54, 1.807) is 21.1 Å². The molecule has 2 aromatic heterocycles. The van der Waals surface area contributed by atoms with Crippen molar-refractivity contribution >= 4 is 39.9 Å². The third-order valence-electron chi connectivity index (χ3n) is 3.26. The van der Waals surface area contributed by atoms with Gasteiger partial charge in [-0.05, 0) is 6.92 Å². The number of fused-ring (bicyclic) bond motifs is 1. The number of hydrogen-bond acceptors (Lipinski definition) is 6. The van der Waals surface area contributed by atoms with Crippen molar-refractivity contribution in [3.8, 4) is 0 Å². The third kappa shape index (κ3) is 1.99. The van der Waals surface area contributed by atoms with Crippen LogP contribution >= 0.6 is 23.1 Å². The van der Waals surface area contributed by atoms with E-state index in [1.165, 1.54) is 18.4 Å². The summed E-state index contributed by atoms with van der Waals surface area (Å²) in [6.45, 7) is 1.81. The Morgan fingerprint density at radius 3 is 3.05 bits per heavy atom. The number of hydrogen-bond donors (Lipinski definition) is 0. The van der Waals surface area contributed by atoms with Gasteiger partial charge in [0.05, 0.1) is 18.7 Å². The largest absolute Gasteiger partial charge is 0.467 e. The molecule has 1 saturated heterocycles. The van der Waals surface area contributed by atoms with Crippen molar-refractivity contribution in [1.29, 1.82) is 0 Å². The summed E-state index contributed by atoms with van der Waals surface area (Å²) in [6, 6.07) is -0.513. The lowest BCUT2D eigenvalue weighted by atomic mass is 10.2. The molecule has 0 bridgehead atoms. The smallest absolute Gasteiger partial charge is 0.329 e. The molecule has 20 heavy (non-hydrogen) atoms. The molecule has 0 saturated carbocycles. The van der Waals surface area contributed by atoms with Crippen molar-refractivity contribution in [2.75, 3.05) is 18.7 Å². The molecular weight excluding hydrogens is 298 g/mol. The maximum atomic E-state index is 12.7. The van der Waals surface area contributed by atoms with Crippen molar-refractivity contribution in [2.45, 2.75) is 13.0 Å². The molecule has 0 aliphatic carbocycles. The molecule has 0 unspecified atom stereocenters. The number of amides is 1. The van der Waals surface area contributed by atoms with Gasteiger partial charge in [-0.15, -0.1) is 23.1 Å². The Kier molecular flexibility index (Phi) is 3.43. The molecule has 3 heterocycles. The number of methoxy groups -OCH3 is 1. The van der Waals surface area contributed by atoms with Crippen LogP contribution in [0.1, 0.15) is 16.2 Å². The summed E-state index contributed by atoms with van der Waals surface area (Å²) in [5.74, 6) is 0.527. The van der Waals surface area contributed by atoms with Gasteiger partial charge in [0, 0.05) is 17.3 Å². The van der Waals surface area contributed by atoms with Crippen molar-refractivity contribution in [3.05, 3.63) is 23.0 Å². The highest BCUT2D eigenvalue weighted by Gasteiger charge is 2.37. The van der Waals surface area contributed by atoms with Gasteiger partial charge in [0.2, 0.25) is 0 Å². The number of nitrogens with zero attached hydrogens (tertiary/aromatic N) is 3. The maximum absolute atomic E-state index is 12.7. The minimum Gasteiger partial charge on any atom is -0.467 e. The zero-order chi connectivity index (χ0) is 14.3. The van der Waals surface area contributed by atoms with Crippen LogP contribution in [0.25, 0.3) is 4.96 Å². The van der Waals surface area contributed by atoms with Crippen LogP contribution < -0.4 is 0 Å². The number of carbonyl (C=O) groups excluding carboxylic acids is 2. The van der Waals surface area contributed by atoms with E-state index in [4.69, 9.17) is 4.74 Å². The van der Waals surface area contributed by atoms with Gasteiger partial charge in [-0.3, -0.25) is 9.20 Å². The van der Waals surface area contributed by atoms with Crippen molar-refractivity contribution in [2.24, 2.45) is 0 Å². The monoisotopic (exact) mass is 311 g/mol. The summed E-state index contributed by atoms with van der Waals surface area (Å²) in [7, 11) is 1.34. The molecule has 8 heteroatoms. The first kappa shape index (κ1) is 13.4. The van der Waals surface area contributed by atoms with E-state index in [1.807, 2.05) is 18.5 Å². The lowest BCUT2D eigenvalue weighted by Crippen LogP contribution is -2.43. The van der Waals surface area contributed by atoms with Crippen LogP contribution in [0.5, 0.6) is 0 Å². The Balaban J connectivity index is 1.97. The van der Waals surface area contributed by atoms with Crippen LogP contribution in [0, 0.1) is 6.92 Å². The Labute approximate surface area is 123 Å². The second kappa shape index (κ2) is 5.10. The highest BCUT2D eigenvalue weighted by atomic mass is 32.2. The third-order valence-corrected chi connectivity index (χ3v) is 5.02. The van der Waals surface area contributed by atoms with Crippen LogP contribution in [0.3, 0.4) is 0 Å². The van der Waals surface area contributed by atoms with Crippen LogP contribution in [-0.4, -0.2) is 50.9 Å². The molecule has 3 rings (SSSR count). The number of carbonyl (C=O) groups is 2. The van der Waals surface area contributed by atoms with Crippen LogP contribution in [-0.2, 0) is 9.53 Å². The molecule has 0 radical (unpaired) electrons. The molecule has 1 fully saturated rings. The number of thiazole rings is 1. The predicted molar refractivity (Wildman–Crippen MR) is 77.1 cm³/mol. The molecule has 0 N–H and O–H groups in total. The van der Waals surface area contributed by atoms with Crippen molar-refractivity contribution < 1.29 is 14.3 Å². The van der Waals surface area contributed by atoms with Crippen LogP contribution in [0.15, 0.2) is 11.6 Å². The number of esters is 1. The maximum Gasteiger partial charge on any atom is 0.329 e. The fourth-order valence-electron chi connectivity index (χ4n) is 2.26. The van der Waals surface area contributed by atoms with Gasteiger partial charge in [-0.2, -0.15) is 0 Å². The molecule has 1 aliphatic heterocycles. The van der Waals surface area contributed by atoms with Gasteiger partial charge in [0.15, 0.2) is 4.96 Å². The van der Waals surface area contributed by atoms with Gasteiger partial charge in [-0.1, -0.05) is 0 Å². The highest BCUT2D eigenvalue weighted by Crippen LogP contribution is 2.26. The summed E-state index contributed by atoms with van der Waals surface area (Å²) in [4.78, 5) is 31.2. The van der Waals surface area contributed by atoms with Gasteiger partial charge in [0.1, 0.15) is 11.7 Å².